The number of carbonyl (C=O) groups is 1. The van der Waals surface area contributed by atoms with E-state index in [9.17, 15) is 4.79 Å². The number of ether oxygens (including phenoxy) is 2. The van der Waals surface area contributed by atoms with Crippen molar-refractivity contribution in [3.05, 3.63) is 41.7 Å². The Labute approximate surface area is 171 Å². The summed E-state index contributed by atoms with van der Waals surface area (Å²) in [5.41, 5.74) is 2.45. The molecule has 0 saturated carbocycles. The highest BCUT2D eigenvalue weighted by atomic mass is 16.5. The van der Waals surface area contributed by atoms with Crippen LogP contribution in [0.25, 0.3) is 0 Å². The zero-order valence-corrected chi connectivity index (χ0v) is 17.0. The maximum Gasteiger partial charge on any atom is 0.272 e. The highest BCUT2D eigenvalue weighted by Crippen LogP contribution is 2.22. The van der Waals surface area contributed by atoms with Gasteiger partial charge >= 0.3 is 0 Å². The first-order chi connectivity index (χ1) is 14.1. The van der Waals surface area contributed by atoms with Crippen molar-refractivity contribution in [3.8, 4) is 5.75 Å². The zero-order chi connectivity index (χ0) is 20.2. The Kier molecular flexibility index (Phi) is 5.80. The van der Waals surface area contributed by atoms with Crippen LogP contribution in [0.3, 0.4) is 0 Å². The Morgan fingerprint density at radius 3 is 2.28 bits per heavy atom. The van der Waals surface area contributed by atoms with E-state index in [-0.39, 0.29) is 5.91 Å². The van der Waals surface area contributed by atoms with Gasteiger partial charge in [-0.25, -0.2) is 9.97 Å². The third-order valence-corrected chi connectivity index (χ3v) is 5.36. The Hall–Kier alpha value is -2.87. The summed E-state index contributed by atoms with van der Waals surface area (Å²) in [4.78, 5) is 28.3. The predicted octanol–water partition coefficient (Wildman–Crippen LogP) is 1.59. The van der Waals surface area contributed by atoms with Gasteiger partial charge in [-0.15, -0.1) is 0 Å². The summed E-state index contributed by atoms with van der Waals surface area (Å²) in [5, 5.41) is 0. The topological polar surface area (TPSA) is 71.0 Å². The normalized spacial score (nSPS) is 17.4. The Morgan fingerprint density at radius 2 is 1.62 bits per heavy atom. The molecule has 8 heteroatoms. The number of anilines is 2. The molecule has 2 aromatic rings. The first kappa shape index (κ1) is 19.4. The van der Waals surface area contributed by atoms with Crippen molar-refractivity contribution in [1.82, 2.24) is 14.9 Å². The van der Waals surface area contributed by atoms with Gasteiger partial charge in [0.25, 0.3) is 5.91 Å². The largest absolute Gasteiger partial charge is 0.497 e. The Bertz CT molecular complexity index is 844. The molecule has 0 atom stereocenters. The van der Waals surface area contributed by atoms with Crippen LogP contribution in [-0.2, 0) is 4.74 Å². The summed E-state index contributed by atoms with van der Waals surface area (Å²) in [6.07, 6.45) is 0. The summed E-state index contributed by atoms with van der Waals surface area (Å²) in [7, 11) is 1.67. The Morgan fingerprint density at radius 1 is 0.966 bits per heavy atom. The highest BCUT2D eigenvalue weighted by Gasteiger charge is 2.24. The highest BCUT2D eigenvalue weighted by molar-refractivity contribution is 5.92. The van der Waals surface area contributed by atoms with Crippen molar-refractivity contribution < 1.29 is 14.3 Å². The number of nitrogens with zero attached hydrogens (tertiary/aromatic N) is 5. The van der Waals surface area contributed by atoms with Gasteiger partial charge in [0.15, 0.2) is 0 Å². The summed E-state index contributed by atoms with van der Waals surface area (Å²) in [5.74, 6) is 1.45. The SMILES string of the molecule is COc1ccc(N2CCN(c3nc(C)cc(C(=O)N4CCOCC4)n3)CC2)cc1. The van der Waals surface area contributed by atoms with E-state index in [1.165, 1.54) is 5.69 Å². The number of rotatable bonds is 4. The number of aryl methyl sites for hydroxylation is 1. The molecule has 2 aliphatic heterocycles. The van der Waals surface area contributed by atoms with E-state index in [4.69, 9.17) is 9.47 Å². The van der Waals surface area contributed by atoms with Crippen molar-refractivity contribution in [2.45, 2.75) is 6.92 Å². The Balaban J connectivity index is 1.43. The molecule has 0 radical (unpaired) electrons. The fourth-order valence-corrected chi connectivity index (χ4v) is 3.69. The van der Waals surface area contributed by atoms with Crippen molar-refractivity contribution >= 4 is 17.5 Å². The molecule has 1 amide bonds. The minimum atomic E-state index is -0.0445. The van der Waals surface area contributed by atoms with E-state index >= 15 is 0 Å². The van der Waals surface area contributed by atoms with Crippen LogP contribution >= 0.6 is 0 Å². The number of benzene rings is 1. The molecule has 2 saturated heterocycles. The molecule has 3 heterocycles. The molecule has 4 rings (SSSR count). The average Bonchev–Trinajstić information content (AvgIpc) is 2.79. The van der Waals surface area contributed by atoms with Crippen LogP contribution in [0.4, 0.5) is 11.6 Å². The molecular formula is C21H27N5O3. The maximum absolute atomic E-state index is 12.8. The number of amides is 1. The second kappa shape index (κ2) is 8.65. The van der Waals surface area contributed by atoms with Crippen LogP contribution in [0.15, 0.2) is 30.3 Å². The number of methoxy groups -OCH3 is 1. The lowest BCUT2D eigenvalue weighted by atomic mass is 10.2. The lowest BCUT2D eigenvalue weighted by Crippen LogP contribution is -2.47. The van der Waals surface area contributed by atoms with Gasteiger partial charge in [-0.2, -0.15) is 0 Å². The van der Waals surface area contributed by atoms with Gasteiger partial charge in [0.05, 0.1) is 20.3 Å². The van der Waals surface area contributed by atoms with Crippen LogP contribution in [0.5, 0.6) is 5.75 Å². The number of aromatic nitrogens is 2. The number of morpholine rings is 1. The van der Waals surface area contributed by atoms with Crippen molar-refractivity contribution in [2.24, 2.45) is 0 Å². The summed E-state index contributed by atoms with van der Waals surface area (Å²) < 4.78 is 10.6. The molecule has 1 aromatic heterocycles. The molecule has 0 aliphatic carbocycles. The van der Waals surface area contributed by atoms with E-state index in [2.05, 4.69) is 31.9 Å². The number of hydrogen-bond acceptors (Lipinski definition) is 7. The van der Waals surface area contributed by atoms with E-state index in [1.54, 1.807) is 18.1 Å². The van der Waals surface area contributed by atoms with Crippen molar-refractivity contribution in [2.75, 3.05) is 69.4 Å². The van der Waals surface area contributed by atoms with Gasteiger partial charge in [0.2, 0.25) is 5.95 Å². The lowest BCUT2D eigenvalue weighted by molar-refractivity contribution is 0.0299. The third-order valence-electron chi connectivity index (χ3n) is 5.36. The molecule has 0 N–H and O–H groups in total. The van der Waals surface area contributed by atoms with Crippen LogP contribution in [0.2, 0.25) is 0 Å². The second-order valence-corrected chi connectivity index (χ2v) is 7.27. The number of carbonyl (C=O) groups excluding carboxylic acids is 1. The lowest BCUT2D eigenvalue weighted by Gasteiger charge is -2.36. The van der Waals surface area contributed by atoms with E-state index < -0.39 is 0 Å². The number of hydrogen-bond donors (Lipinski definition) is 0. The molecule has 29 heavy (non-hydrogen) atoms. The molecule has 154 valence electrons. The molecule has 2 aliphatic rings. The fraction of sp³-hybridized carbons (Fsp3) is 0.476. The van der Waals surface area contributed by atoms with Crippen LogP contribution < -0.4 is 14.5 Å². The first-order valence-electron chi connectivity index (χ1n) is 10.0. The molecule has 2 fully saturated rings. The third kappa shape index (κ3) is 4.42. The standard InChI is InChI=1S/C21H27N5O3/c1-16-15-19(20(27)25-11-13-29-14-12-25)23-21(22-16)26-9-7-24(8-10-26)17-3-5-18(28-2)6-4-17/h3-6,15H,7-14H2,1-2H3. The maximum atomic E-state index is 12.8. The van der Waals surface area contributed by atoms with Crippen LogP contribution in [0, 0.1) is 6.92 Å². The van der Waals surface area contributed by atoms with Gasteiger partial charge in [-0.05, 0) is 37.3 Å². The van der Waals surface area contributed by atoms with Gasteiger partial charge in [-0.1, -0.05) is 0 Å². The van der Waals surface area contributed by atoms with E-state index in [1.807, 2.05) is 19.1 Å². The van der Waals surface area contributed by atoms with Gasteiger partial charge in [0.1, 0.15) is 11.4 Å². The summed E-state index contributed by atoms with van der Waals surface area (Å²) >= 11 is 0. The molecule has 8 nitrogen and oxygen atoms in total. The summed E-state index contributed by atoms with van der Waals surface area (Å²) in [6, 6.07) is 9.90. The summed E-state index contributed by atoms with van der Waals surface area (Å²) in [6.45, 7) is 7.64. The van der Waals surface area contributed by atoms with Crippen LogP contribution in [0.1, 0.15) is 16.2 Å². The molecule has 1 aromatic carbocycles. The first-order valence-corrected chi connectivity index (χ1v) is 10.0. The number of piperazine rings is 1. The predicted molar refractivity (Wildman–Crippen MR) is 111 cm³/mol. The smallest absolute Gasteiger partial charge is 0.272 e. The van der Waals surface area contributed by atoms with Crippen molar-refractivity contribution in [3.63, 3.8) is 0 Å². The molecule has 0 unspecified atom stereocenters. The van der Waals surface area contributed by atoms with Crippen molar-refractivity contribution in [1.29, 1.82) is 0 Å². The average molecular weight is 397 g/mol. The minimum absolute atomic E-state index is 0.0445. The molecular weight excluding hydrogens is 370 g/mol. The quantitative estimate of drug-likeness (QED) is 0.776. The van der Waals surface area contributed by atoms with E-state index in [0.717, 1.165) is 37.6 Å². The second-order valence-electron chi connectivity index (χ2n) is 7.27. The van der Waals surface area contributed by atoms with Gasteiger partial charge in [0, 0.05) is 50.6 Å². The van der Waals surface area contributed by atoms with Crippen LogP contribution in [-0.4, -0.2) is 80.4 Å². The molecule has 0 bridgehead atoms. The van der Waals surface area contributed by atoms with E-state index in [0.29, 0.717) is 37.9 Å². The minimum Gasteiger partial charge on any atom is -0.497 e. The zero-order valence-electron chi connectivity index (χ0n) is 17.0. The molecule has 0 spiro atoms. The monoisotopic (exact) mass is 397 g/mol. The van der Waals surface area contributed by atoms with Gasteiger partial charge in [-0.3, -0.25) is 4.79 Å². The van der Waals surface area contributed by atoms with Gasteiger partial charge < -0.3 is 24.2 Å². The fourth-order valence-electron chi connectivity index (χ4n) is 3.69.